The Labute approximate surface area is 67.4 Å². The van der Waals surface area contributed by atoms with Gasteiger partial charge in [0.2, 0.25) is 0 Å². The maximum atomic E-state index is 6.52. The number of halogens is 2. The number of rotatable bonds is 0. The Kier molecular flexibility index (Phi) is 2.05. The Morgan fingerprint density at radius 3 is 2.20 bits per heavy atom. The van der Waals surface area contributed by atoms with Crippen molar-refractivity contribution in [2.24, 2.45) is 0 Å². The van der Waals surface area contributed by atoms with Crippen molar-refractivity contribution in [3.05, 3.63) is 27.8 Å². The third kappa shape index (κ3) is 1.56. The minimum absolute atomic E-state index is 0.0301. The number of aromatic nitrogens is 2. The predicted octanol–water partition coefficient (Wildman–Crippen LogP) is 2.33. The summed E-state index contributed by atoms with van der Waals surface area (Å²) < 4.78 is 0. The molecule has 0 unspecified atom stereocenters. The first-order valence-corrected chi connectivity index (χ1v) is 3.05. The van der Waals surface area contributed by atoms with Gasteiger partial charge in [-0.25, -0.2) is 0 Å². The first-order chi connectivity index (χ1) is 4.72. The molecule has 0 aromatic carbocycles. The maximum absolute atomic E-state index is 6.52. The Balaban J connectivity index is 3.22. The summed E-state index contributed by atoms with van der Waals surface area (Å²) in [5.74, 6) is -0.0301. The lowest BCUT2D eigenvalue weighted by molar-refractivity contribution is 1.20. The summed E-state index contributed by atoms with van der Waals surface area (Å²) in [5.41, 5.74) is 0. The van der Waals surface area contributed by atoms with Gasteiger partial charge in [0, 0.05) is 6.07 Å². The van der Waals surface area contributed by atoms with Gasteiger partial charge in [-0.2, -0.15) is 0 Å². The van der Waals surface area contributed by atoms with Crippen LogP contribution in [-0.2, 0) is 0 Å². The van der Waals surface area contributed by atoms with Crippen molar-refractivity contribution in [1.29, 1.82) is 0 Å². The molecular formula is C5HCl2N3. The first kappa shape index (κ1) is 7.26. The van der Waals surface area contributed by atoms with Crippen LogP contribution < -0.4 is 0 Å². The smallest absolute Gasteiger partial charge is 0.374 e. The van der Waals surface area contributed by atoms with Crippen LogP contribution in [0.5, 0.6) is 0 Å². The van der Waals surface area contributed by atoms with E-state index in [2.05, 4.69) is 14.8 Å². The van der Waals surface area contributed by atoms with Crippen LogP contribution in [0.4, 0.5) is 5.95 Å². The standard InChI is InChI=1S/C5HCl2N3/c1-8-5-9-3(6)2-4(7)10-5/h2H. The van der Waals surface area contributed by atoms with Gasteiger partial charge in [-0.05, 0) is 23.2 Å². The molecule has 3 nitrogen and oxygen atoms in total. The fraction of sp³-hybridized carbons (Fsp3) is 0. The van der Waals surface area contributed by atoms with Crippen molar-refractivity contribution >= 4 is 29.2 Å². The molecule has 0 aliphatic carbocycles. The molecule has 0 radical (unpaired) electrons. The Bertz CT molecular complexity index is 271. The fourth-order valence-corrected chi connectivity index (χ4v) is 0.843. The summed E-state index contributed by atoms with van der Waals surface area (Å²) in [7, 11) is 0. The largest absolute Gasteiger partial charge is 0.394 e. The molecule has 0 saturated carbocycles. The van der Waals surface area contributed by atoms with E-state index in [4.69, 9.17) is 29.8 Å². The summed E-state index contributed by atoms with van der Waals surface area (Å²) in [5, 5.41) is 0.372. The molecule has 0 atom stereocenters. The second-order valence-electron chi connectivity index (χ2n) is 1.43. The van der Waals surface area contributed by atoms with Gasteiger partial charge in [-0.15, -0.1) is 16.5 Å². The van der Waals surface area contributed by atoms with Crippen molar-refractivity contribution in [1.82, 2.24) is 9.97 Å². The Hall–Kier alpha value is -0.850. The minimum Gasteiger partial charge on any atom is -0.394 e. The highest BCUT2D eigenvalue weighted by atomic mass is 35.5. The van der Waals surface area contributed by atoms with E-state index < -0.39 is 0 Å². The van der Waals surface area contributed by atoms with Crippen LogP contribution in [0.1, 0.15) is 0 Å². The third-order valence-corrected chi connectivity index (χ3v) is 1.14. The average molecular weight is 174 g/mol. The first-order valence-electron chi connectivity index (χ1n) is 2.30. The second kappa shape index (κ2) is 2.82. The molecule has 1 heterocycles. The lowest BCUT2D eigenvalue weighted by atomic mass is 10.7. The van der Waals surface area contributed by atoms with E-state index in [0.29, 0.717) is 0 Å². The molecule has 0 saturated heterocycles. The zero-order valence-electron chi connectivity index (χ0n) is 4.67. The highest BCUT2D eigenvalue weighted by Gasteiger charge is 2.01. The van der Waals surface area contributed by atoms with E-state index in [9.17, 15) is 0 Å². The molecule has 0 bridgehead atoms. The van der Waals surface area contributed by atoms with Gasteiger partial charge >= 0.3 is 5.95 Å². The van der Waals surface area contributed by atoms with Gasteiger partial charge in [0.1, 0.15) is 0 Å². The molecule has 50 valence electrons. The highest BCUT2D eigenvalue weighted by molar-refractivity contribution is 6.33. The maximum Gasteiger partial charge on any atom is 0.374 e. The van der Waals surface area contributed by atoms with Gasteiger partial charge < -0.3 is 4.85 Å². The zero-order valence-corrected chi connectivity index (χ0v) is 6.19. The second-order valence-corrected chi connectivity index (χ2v) is 2.20. The average Bonchev–Trinajstić information content (AvgIpc) is 1.85. The molecule has 0 aliphatic rings. The molecule has 10 heavy (non-hydrogen) atoms. The van der Waals surface area contributed by atoms with E-state index in [1.54, 1.807) is 0 Å². The Morgan fingerprint density at radius 2 is 1.80 bits per heavy atom. The van der Waals surface area contributed by atoms with Gasteiger partial charge in [0.15, 0.2) is 10.3 Å². The van der Waals surface area contributed by atoms with E-state index in [1.807, 2.05) is 0 Å². The third-order valence-electron chi connectivity index (χ3n) is 0.752. The summed E-state index contributed by atoms with van der Waals surface area (Å²) >= 11 is 10.9. The SMILES string of the molecule is [C-]#[N+]c1nc(Cl)cc(Cl)n1. The monoisotopic (exact) mass is 173 g/mol. The summed E-state index contributed by atoms with van der Waals surface area (Å²) in [6.45, 7) is 6.52. The number of hydrogen-bond donors (Lipinski definition) is 0. The van der Waals surface area contributed by atoms with Crippen LogP contribution in [0.25, 0.3) is 4.85 Å². The molecule has 5 heteroatoms. The molecule has 1 aromatic heterocycles. The summed E-state index contributed by atoms with van der Waals surface area (Å²) in [6, 6.07) is 1.37. The van der Waals surface area contributed by atoms with Gasteiger partial charge in [-0.1, -0.05) is 0 Å². The molecule has 1 rings (SSSR count). The number of hydrogen-bond acceptors (Lipinski definition) is 2. The van der Waals surface area contributed by atoms with E-state index in [0.717, 1.165) is 0 Å². The van der Waals surface area contributed by atoms with Crippen LogP contribution in [0, 0.1) is 6.57 Å². The minimum atomic E-state index is -0.0301. The molecule has 0 fully saturated rings. The highest BCUT2D eigenvalue weighted by Crippen LogP contribution is 2.15. The molecule has 0 spiro atoms. The van der Waals surface area contributed by atoms with Gasteiger partial charge in [-0.3, -0.25) is 0 Å². The molecule has 0 amide bonds. The lowest BCUT2D eigenvalue weighted by Crippen LogP contribution is -1.79. The number of nitrogens with zero attached hydrogens (tertiary/aromatic N) is 3. The fourth-order valence-electron chi connectivity index (χ4n) is 0.429. The normalized spacial score (nSPS) is 8.90. The van der Waals surface area contributed by atoms with Crippen molar-refractivity contribution in [3.63, 3.8) is 0 Å². The molecule has 0 N–H and O–H groups in total. The van der Waals surface area contributed by atoms with Crippen LogP contribution in [0.2, 0.25) is 10.3 Å². The van der Waals surface area contributed by atoms with Crippen molar-refractivity contribution in [3.8, 4) is 0 Å². The quantitative estimate of drug-likeness (QED) is 0.446. The van der Waals surface area contributed by atoms with Gasteiger partial charge in [0.25, 0.3) is 0 Å². The van der Waals surface area contributed by atoms with Crippen LogP contribution in [0.3, 0.4) is 0 Å². The zero-order chi connectivity index (χ0) is 7.56. The van der Waals surface area contributed by atoms with Gasteiger partial charge in [0.05, 0.1) is 0 Å². The van der Waals surface area contributed by atoms with Crippen molar-refractivity contribution in [2.45, 2.75) is 0 Å². The van der Waals surface area contributed by atoms with E-state index >= 15 is 0 Å². The molecular weight excluding hydrogens is 173 g/mol. The van der Waals surface area contributed by atoms with Crippen LogP contribution >= 0.6 is 23.2 Å². The Morgan fingerprint density at radius 1 is 1.30 bits per heavy atom. The van der Waals surface area contributed by atoms with Crippen LogP contribution in [-0.4, -0.2) is 9.97 Å². The van der Waals surface area contributed by atoms with Crippen LogP contribution in [0.15, 0.2) is 6.07 Å². The molecule has 1 aromatic rings. The van der Waals surface area contributed by atoms with E-state index in [1.165, 1.54) is 6.07 Å². The lowest BCUT2D eigenvalue weighted by Gasteiger charge is -1.87. The summed E-state index contributed by atoms with van der Waals surface area (Å²) in [4.78, 5) is 10.1. The molecule has 0 aliphatic heterocycles. The topological polar surface area (TPSA) is 30.1 Å². The van der Waals surface area contributed by atoms with E-state index in [-0.39, 0.29) is 16.3 Å². The predicted molar refractivity (Wildman–Crippen MR) is 38.3 cm³/mol. The van der Waals surface area contributed by atoms with Crippen molar-refractivity contribution < 1.29 is 0 Å². The van der Waals surface area contributed by atoms with Crippen molar-refractivity contribution in [2.75, 3.05) is 0 Å². The summed E-state index contributed by atoms with van der Waals surface area (Å²) in [6.07, 6.45) is 0.